The molecule has 0 aliphatic carbocycles. The molecule has 0 spiro atoms. The van der Waals surface area contributed by atoms with E-state index >= 15 is 0 Å². The molecule has 32 heavy (non-hydrogen) atoms. The number of rotatable bonds is 10. The third kappa shape index (κ3) is 5.69. The number of carbonyl (C=O) groups is 3. The van der Waals surface area contributed by atoms with Crippen LogP contribution in [0.3, 0.4) is 0 Å². The number of carbonyl (C=O) groups excluding carboxylic acids is 3. The van der Waals surface area contributed by atoms with E-state index in [1.165, 1.54) is 0 Å². The number of nitrogens with zero attached hydrogens (tertiary/aromatic N) is 1. The van der Waals surface area contributed by atoms with Crippen LogP contribution in [0.2, 0.25) is 0 Å². The predicted octanol–water partition coefficient (Wildman–Crippen LogP) is 1.62. The Morgan fingerprint density at radius 3 is 2.41 bits per heavy atom. The summed E-state index contributed by atoms with van der Waals surface area (Å²) in [6, 6.07) is 10.8. The molecular weight excluding hydrogens is 414 g/mol. The fourth-order valence-electron chi connectivity index (χ4n) is 3.47. The first-order valence-corrected chi connectivity index (χ1v) is 10.3. The SMILES string of the molecule is COc1ccc(CCN2C(=O)NC(CC(=O)NCCc3ccc(O)cc3)C2=O)cc1OC. The van der Waals surface area contributed by atoms with E-state index in [0.29, 0.717) is 30.9 Å². The zero-order chi connectivity index (χ0) is 23.1. The smallest absolute Gasteiger partial charge is 0.324 e. The topological polar surface area (TPSA) is 117 Å². The van der Waals surface area contributed by atoms with Gasteiger partial charge >= 0.3 is 6.03 Å². The summed E-state index contributed by atoms with van der Waals surface area (Å²) in [6.45, 7) is 0.584. The maximum Gasteiger partial charge on any atom is 0.324 e. The van der Waals surface area contributed by atoms with Gasteiger partial charge in [0.1, 0.15) is 11.8 Å². The van der Waals surface area contributed by atoms with Gasteiger partial charge in [-0.2, -0.15) is 0 Å². The van der Waals surface area contributed by atoms with Gasteiger partial charge in [0.05, 0.1) is 20.6 Å². The summed E-state index contributed by atoms with van der Waals surface area (Å²) in [5, 5.41) is 14.6. The fourth-order valence-corrected chi connectivity index (χ4v) is 3.47. The Hall–Kier alpha value is -3.75. The van der Waals surface area contributed by atoms with Gasteiger partial charge in [0.25, 0.3) is 5.91 Å². The second-order valence-electron chi connectivity index (χ2n) is 7.40. The molecule has 1 heterocycles. The molecule has 4 amide bonds. The lowest BCUT2D eigenvalue weighted by Crippen LogP contribution is -2.37. The summed E-state index contributed by atoms with van der Waals surface area (Å²) < 4.78 is 10.5. The number of phenols is 1. The number of hydrogen-bond donors (Lipinski definition) is 3. The van der Waals surface area contributed by atoms with Crippen molar-refractivity contribution in [3.05, 3.63) is 53.6 Å². The molecule has 0 radical (unpaired) electrons. The highest BCUT2D eigenvalue weighted by Crippen LogP contribution is 2.27. The lowest BCUT2D eigenvalue weighted by molar-refractivity contribution is -0.130. The van der Waals surface area contributed by atoms with Gasteiger partial charge in [0.2, 0.25) is 5.91 Å². The van der Waals surface area contributed by atoms with Crippen LogP contribution in [0.5, 0.6) is 17.2 Å². The molecule has 2 aromatic carbocycles. The number of imide groups is 1. The monoisotopic (exact) mass is 441 g/mol. The highest BCUT2D eigenvalue weighted by molar-refractivity contribution is 6.05. The molecule has 1 saturated heterocycles. The summed E-state index contributed by atoms with van der Waals surface area (Å²) in [7, 11) is 3.09. The van der Waals surface area contributed by atoms with E-state index in [0.717, 1.165) is 16.0 Å². The minimum Gasteiger partial charge on any atom is -0.508 e. The maximum absolute atomic E-state index is 12.6. The largest absolute Gasteiger partial charge is 0.508 e. The third-order valence-corrected chi connectivity index (χ3v) is 5.24. The minimum absolute atomic E-state index is 0.118. The van der Waals surface area contributed by atoms with Gasteiger partial charge in [0, 0.05) is 13.1 Å². The average molecular weight is 441 g/mol. The van der Waals surface area contributed by atoms with Gasteiger partial charge in [-0.1, -0.05) is 18.2 Å². The zero-order valence-electron chi connectivity index (χ0n) is 18.1. The Morgan fingerprint density at radius 1 is 1.03 bits per heavy atom. The first-order chi connectivity index (χ1) is 15.4. The Balaban J connectivity index is 1.47. The van der Waals surface area contributed by atoms with E-state index < -0.39 is 18.0 Å². The lowest BCUT2D eigenvalue weighted by Gasteiger charge is -2.14. The molecule has 0 bridgehead atoms. The second-order valence-corrected chi connectivity index (χ2v) is 7.40. The Morgan fingerprint density at radius 2 is 1.72 bits per heavy atom. The van der Waals surface area contributed by atoms with Gasteiger partial charge < -0.3 is 25.2 Å². The highest BCUT2D eigenvalue weighted by atomic mass is 16.5. The normalized spacial score (nSPS) is 15.4. The molecule has 1 fully saturated rings. The van der Waals surface area contributed by atoms with Crippen LogP contribution in [0, 0.1) is 0 Å². The standard InChI is InChI=1S/C23H27N3O6/c1-31-19-8-5-16(13-20(19)32-2)10-12-26-22(29)18(25-23(26)30)14-21(28)24-11-9-15-3-6-17(27)7-4-15/h3-8,13,18,27H,9-12,14H2,1-2H3,(H,24,28)(H,25,30). The second kappa shape index (κ2) is 10.5. The van der Waals surface area contributed by atoms with Crippen LogP contribution in [0.1, 0.15) is 17.5 Å². The number of aromatic hydroxyl groups is 1. The number of amides is 4. The van der Waals surface area contributed by atoms with E-state index in [1.54, 1.807) is 50.6 Å². The van der Waals surface area contributed by atoms with E-state index in [-0.39, 0.29) is 24.6 Å². The van der Waals surface area contributed by atoms with Crippen LogP contribution in [-0.4, -0.2) is 61.2 Å². The van der Waals surface area contributed by atoms with Crippen LogP contribution in [0.4, 0.5) is 4.79 Å². The summed E-state index contributed by atoms with van der Waals surface area (Å²) in [5.74, 6) is 0.629. The van der Waals surface area contributed by atoms with Gasteiger partial charge in [0.15, 0.2) is 11.5 Å². The number of phenolic OH excluding ortho intramolecular Hbond substituents is 1. The highest BCUT2D eigenvalue weighted by Gasteiger charge is 2.38. The van der Waals surface area contributed by atoms with Crippen molar-refractivity contribution in [1.29, 1.82) is 0 Å². The van der Waals surface area contributed by atoms with Crippen LogP contribution >= 0.6 is 0 Å². The van der Waals surface area contributed by atoms with Crippen LogP contribution in [-0.2, 0) is 22.4 Å². The van der Waals surface area contributed by atoms with Gasteiger partial charge in [-0.25, -0.2) is 4.79 Å². The first kappa shape index (κ1) is 22.9. The van der Waals surface area contributed by atoms with Crippen molar-refractivity contribution in [3.63, 3.8) is 0 Å². The van der Waals surface area contributed by atoms with E-state index in [1.807, 2.05) is 6.07 Å². The zero-order valence-corrected chi connectivity index (χ0v) is 18.1. The summed E-state index contributed by atoms with van der Waals surface area (Å²) >= 11 is 0. The molecule has 3 rings (SSSR count). The van der Waals surface area contributed by atoms with E-state index in [4.69, 9.17) is 9.47 Å². The number of benzene rings is 2. The van der Waals surface area contributed by atoms with E-state index in [2.05, 4.69) is 10.6 Å². The van der Waals surface area contributed by atoms with Crippen LogP contribution in [0.15, 0.2) is 42.5 Å². The van der Waals surface area contributed by atoms with Crippen LogP contribution < -0.4 is 20.1 Å². The molecule has 0 saturated carbocycles. The molecule has 1 unspecified atom stereocenters. The Kier molecular flexibility index (Phi) is 7.54. The molecule has 1 aliphatic heterocycles. The summed E-state index contributed by atoms with van der Waals surface area (Å²) in [6.07, 6.45) is 0.923. The average Bonchev–Trinajstić information content (AvgIpc) is 3.05. The molecule has 2 aromatic rings. The van der Waals surface area contributed by atoms with Crippen LogP contribution in [0.25, 0.3) is 0 Å². The molecule has 1 aliphatic rings. The molecule has 1 atom stereocenters. The van der Waals surface area contributed by atoms with Gasteiger partial charge in [-0.05, 0) is 48.2 Å². The summed E-state index contributed by atoms with van der Waals surface area (Å²) in [5.41, 5.74) is 1.85. The Bertz CT molecular complexity index is 976. The molecule has 0 aromatic heterocycles. The third-order valence-electron chi connectivity index (χ3n) is 5.24. The van der Waals surface area contributed by atoms with Crippen molar-refractivity contribution in [2.75, 3.05) is 27.3 Å². The van der Waals surface area contributed by atoms with Crippen molar-refractivity contribution in [2.24, 2.45) is 0 Å². The van der Waals surface area contributed by atoms with Crippen molar-refractivity contribution in [1.82, 2.24) is 15.5 Å². The number of nitrogens with one attached hydrogen (secondary N) is 2. The number of urea groups is 1. The molecule has 170 valence electrons. The van der Waals surface area contributed by atoms with Crippen molar-refractivity contribution in [2.45, 2.75) is 25.3 Å². The van der Waals surface area contributed by atoms with Crippen molar-refractivity contribution < 1.29 is 29.0 Å². The number of methoxy groups -OCH3 is 2. The Labute approximate surface area is 186 Å². The molecule has 9 heteroatoms. The van der Waals surface area contributed by atoms with Gasteiger partial charge in [-0.15, -0.1) is 0 Å². The molecule has 9 nitrogen and oxygen atoms in total. The summed E-state index contributed by atoms with van der Waals surface area (Å²) in [4.78, 5) is 38.2. The van der Waals surface area contributed by atoms with Gasteiger partial charge in [-0.3, -0.25) is 14.5 Å². The predicted molar refractivity (Wildman–Crippen MR) is 117 cm³/mol. The van der Waals surface area contributed by atoms with E-state index in [9.17, 15) is 19.5 Å². The number of ether oxygens (including phenoxy) is 2. The van der Waals surface area contributed by atoms with Crippen molar-refractivity contribution in [3.8, 4) is 17.2 Å². The van der Waals surface area contributed by atoms with Crippen molar-refractivity contribution >= 4 is 17.8 Å². The fraction of sp³-hybridized carbons (Fsp3) is 0.348. The molecule has 3 N–H and O–H groups in total. The lowest BCUT2D eigenvalue weighted by atomic mass is 10.1. The quantitative estimate of drug-likeness (QED) is 0.483. The number of hydrogen-bond acceptors (Lipinski definition) is 6. The minimum atomic E-state index is -0.874. The maximum atomic E-state index is 12.6. The first-order valence-electron chi connectivity index (χ1n) is 10.3. The molecular formula is C23H27N3O6.